The molecule has 4 aliphatic rings. The van der Waals surface area contributed by atoms with Crippen molar-refractivity contribution in [2.24, 2.45) is 23.5 Å². The molecular weight excluding hydrogens is 250 g/mol. The van der Waals surface area contributed by atoms with Crippen molar-refractivity contribution in [3.05, 3.63) is 28.2 Å². The highest BCUT2D eigenvalue weighted by Crippen LogP contribution is 2.58. The van der Waals surface area contributed by atoms with Gasteiger partial charge in [-0.25, -0.2) is 4.68 Å². The Bertz CT molecular complexity index is 542. The van der Waals surface area contributed by atoms with Crippen molar-refractivity contribution in [3.63, 3.8) is 0 Å². The summed E-state index contributed by atoms with van der Waals surface area (Å²) < 4.78 is 1.85. The molecular formula is C16H23N3O. The largest absolute Gasteiger partial charge is 0.330 e. The Labute approximate surface area is 119 Å². The molecule has 1 aromatic heterocycles. The summed E-state index contributed by atoms with van der Waals surface area (Å²) in [6.07, 6.45) is 8.41. The van der Waals surface area contributed by atoms with Crippen LogP contribution in [0.3, 0.4) is 0 Å². The van der Waals surface area contributed by atoms with E-state index in [-0.39, 0.29) is 11.1 Å². The van der Waals surface area contributed by atoms with Gasteiger partial charge in [-0.3, -0.25) is 4.79 Å². The van der Waals surface area contributed by atoms with Gasteiger partial charge in [-0.15, -0.1) is 0 Å². The van der Waals surface area contributed by atoms with Gasteiger partial charge < -0.3 is 5.73 Å². The molecule has 0 saturated heterocycles. The van der Waals surface area contributed by atoms with E-state index in [9.17, 15) is 4.79 Å². The molecule has 0 amide bonds. The van der Waals surface area contributed by atoms with Gasteiger partial charge in [-0.05, 0) is 68.9 Å². The topological polar surface area (TPSA) is 60.9 Å². The van der Waals surface area contributed by atoms with Crippen LogP contribution in [0.5, 0.6) is 0 Å². The van der Waals surface area contributed by atoms with Gasteiger partial charge in [0.1, 0.15) is 0 Å². The van der Waals surface area contributed by atoms with Crippen LogP contribution in [-0.4, -0.2) is 16.3 Å². The summed E-state index contributed by atoms with van der Waals surface area (Å²) >= 11 is 0. The van der Waals surface area contributed by atoms with Gasteiger partial charge >= 0.3 is 0 Å². The lowest BCUT2D eigenvalue weighted by Crippen LogP contribution is -2.55. The molecule has 2 N–H and O–H groups in total. The Morgan fingerprint density at radius 3 is 2.30 bits per heavy atom. The van der Waals surface area contributed by atoms with Crippen molar-refractivity contribution in [1.29, 1.82) is 0 Å². The first kappa shape index (κ1) is 12.6. The highest BCUT2D eigenvalue weighted by Gasteiger charge is 2.52. The molecule has 4 saturated carbocycles. The summed E-state index contributed by atoms with van der Waals surface area (Å²) in [6.45, 7) is 0.589. The second-order valence-electron chi connectivity index (χ2n) is 7.26. The second-order valence-corrected chi connectivity index (χ2v) is 7.26. The summed E-state index contributed by atoms with van der Waals surface area (Å²) in [5.41, 5.74) is 6.69. The molecule has 4 heteroatoms. The fourth-order valence-electron chi connectivity index (χ4n) is 5.39. The van der Waals surface area contributed by atoms with E-state index in [1.54, 1.807) is 6.07 Å². The summed E-state index contributed by atoms with van der Waals surface area (Å²) in [5, 5.41) is 4.68. The van der Waals surface area contributed by atoms with Crippen molar-refractivity contribution < 1.29 is 0 Å². The molecule has 0 unspecified atom stereocenters. The summed E-state index contributed by atoms with van der Waals surface area (Å²) in [5.74, 6) is 2.48. The molecule has 0 aliphatic heterocycles. The van der Waals surface area contributed by atoms with Crippen LogP contribution in [0.15, 0.2) is 16.9 Å². The van der Waals surface area contributed by atoms with Crippen molar-refractivity contribution in [2.45, 2.75) is 50.5 Å². The monoisotopic (exact) mass is 273 g/mol. The normalized spacial score (nSPS) is 38.4. The van der Waals surface area contributed by atoms with Gasteiger partial charge in [-0.2, -0.15) is 5.10 Å². The number of hydrogen-bond donors (Lipinski definition) is 1. The van der Waals surface area contributed by atoms with Crippen LogP contribution in [0, 0.1) is 17.8 Å². The number of nitrogens with zero attached hydrogens (tertiary/aromatic N) is 2. The third-order valence-corrected chi connectivity index (χ3v) is 5.71. The lowest BCUT2D eigenvalue weighted by molar-refractivity contribution is -0.0521. The fraction of sp³-hybridized carbons (Fsp3) is 0.750. The van der Waals surface area contributed by atoms with Crippen molar-refractivity contribution >= 4 is 0 Å². The zero-order valence-electron chi connectivity index (χ0n) is 11.9. The van der Waals surface area contributed by atoms with E-state index in [2.05, 4.69) is 5.10 Å². The Morgan fingerprint density at radius 1 is 1.15 bits per heavy atom. The van der Waals surface area contributed by atoms with Gasteiger partial charge in [0.05, 0.1) is 11.2 Å². The van der Waals surface area contributed by atoms with E-state index >= 15 is 0 Å². The third kappa shape index (κ3) is 1.85. The van der Waals surface area contributed by atoms with E-state index in [0.29, 0.717) is 6.54 Å². The van der Waals surface area contributed by atoms with Crippen LogP contribution in [0.4, 0.5) is 0 Å². The van der Waals surface area contributed by atoms with Crippen molar-refractivity contribution in [1.82, 2.24) is 9.78 Å². The lowest BCUT2D eigenvalue weighted by Gasteiger charge is -2.56. The molecule has 4 fully saturated rings. The highest BCUT2D eigenvalue weighted by atomic mass is 16.1. The molecule has 4 nitrogen and oxygen atoms in total. The Morgan fingerprint density at radius 2 is 1.75 bits per heavy atom. The maximum atomic E-state index is 12.4. The maximum Gasteiger partial charge on any atom is 0.267 e. The van der Waals surface area contributed by atoms with Crippen molar-refractivity contribution in [3.8, 4) is 0 Å². The Hall–Kier alpha value is -1.16. The van der Waals surface area contributed by atoms with Gasteiger partial charge in [-0.1, -0.05) is 0 Å². The molecule has 1 aromatic rings. The quantitative estimate of drug-likeness (QED) is 0.911. The molecule has 5 rings (SSSR count). The first-order valence-corrected chi connectivity index (χ1v) is 7.98. The van der Waals surface area contributed by atoms with Crippen LogP contribution in [0.2, 0.25) is 0 Å². The van der Waals surface area contributed by atoms with Gasteiger partial charge in [0.15, 0.2) is 0 Å². The molecule has 0 spiro atoms. The molecule has 1 heterocycles. The Kier molecular flexibility index (Phi) is 2.78. The van der Waals surface area contributed by atoms with E-state index in [4.69, 9.17) is 5.73 Å². The average Bonchev–Trinajstić information content (AvgIpc) is 2.39. The minimum Gasteiger partial charge on any atom is -0.330 e. The minimum absolute atomic E-state index is 0.0242. The van der Waals surface area contributed by atoms with Crippen LogP contribution >= 0.6 is 0 Å². The van der Waals surface area contributed by atoms with Crippen LogP contribution in [0.1, 0.15) is 44.2 Å². The smallest absolute Gasteiger partial charge is 0.267 e. The second kappa shape index (κ2) is 4.42. The number of hydrogen-bond acceptors (Lipinski definition) is 3. The average molecular weight is 273 g/mol. The number of nitrogens with two attached hydrogens (primary N) is 1. The van der Waals surface area contributed by atoms with E-state index in [1.165, 1.54) is 38.5 Å². The van der Waals surface area contributed by atoms with Crippen molar-refractivity contribution in [2.75, 3.05) is 6.54 Å². The number of aromatic nitrogens is 2. The van der Waals surface area contributed by atoms with E-state index in [0.717, 1.165) is 29.9 Å². The highest BCUT2D eigenvalue weighted by molar-refractivity contribution is 5.08. The first-order valence-electron chi connectivity index (χ1n) is 7.98. The van der Waals surface area contributed by atoms with E-state index < -0.39 is 0 Å². The predicted molar refractivity (Wildman–Crippen MR) is 77.4 cm³/mol. The molecule has 0 aromatic carbocycles. The summed E-state index contributed by atoms with van der Waals surface area (Å²) in [6, 6.07) is 3.53. The third-order valence-electron chi connectivity index (χ3n) is 5.71. The lowest BCUT2D eigenvalue weighted by atomic mass is 9.53. The SMILES string of the molecule is NCCc1ccc(=O)n(C23CC4CC(CC(C4)C2)C3)n1. The molecule has 0 radical (unpaired) electrons. The van der Waals surface area contributed by atoms with Gasteiger partial charge in [0, 0.05) is 12.5 Å². The first-order chi connectivity index (χ1) is 9.68. The summed E-state index contributed by atoms with van der Waals surface area (Å²) in [7, 11) is 0. The maximum absolute atomic E-state index is 12.4. The molecule has 4 bridgehead atoms. The molecule has 4 aliphatic carbocycles. The van der Waals surface area contributed by atoms with Crippen LogP contribution in [0.25, 0.3) is 0 Å². The fourth-order valence-corrected chi connectivity index (χ4v) is 5.39. The van der Waals surface area contributed by atoms with Crippen LogP contribution < -0.4 is 11.3 Å². The van der Waals surface area contributed by atoms with Gasteiger partial charge in [0.2, 0.25) is 0 Å². The molecule has 20 heavy (non-hydrogen) atoms. The summed E-state index contributed by atoms with van der Waals surface area (Å²) in [4.78, 5) is 12.4. The zero-order valence-corrected chi connectivity index (χ0v) is 11.9. The predicted octanol–water partition coefficient (Wildman–Crippen LogP) is 1.67. The molecule has 0 atom stereocenters. The van der Waals surface area contributed by atoms with E-state index in [1.807, 2.05) is 10.7 Å². The standard InChI is InChI=1S/C16H23N3O/c17-4-3-14-1-2-15(20)19(18-14)16-8-11-5-12(9-16)7-13(6-11)10-16/h1-2,11-13H,3-10,17H2. The molecule has 108 valence electrons. The van der Waals surface area contributed by atoms with Gasteiger partial charge in [0.25, 0.3) is 5.56 Å². The van der Waals surface area contributed by atoms with Crippen LogP contribution in [-0.2, 0) is 12.0 Å². The Balaban J connectivity index is 1.76. The minimum atomic E-state index is 0.0242. The zero-order chi connectivity index (χ0) is 13.7. The number of rotatable bonds is 3.